The quantitative estimate of drug-likeness (QED) is 0.670. The van der Waals surface area contributed by atoms with Crippen LogP contribution in [-0.2, 0) is 4.74 Å². The van der Waals surface area contributed by atoms with Crippen molar-refractivity contribution in [2.24, 2.45) is 5.92 Å². The molecule has 0 aliphatic rings. The first-order chi connectivity index (χ1) is 6.07. The second-order valence-corrected chi connectivity index (χ2v) is 3.34. The zero-order valence-corrected chi connectivity index (χ0v) is 8.52. The minimum absolute atomic E-state index is 0.170. The standard InChI is InChI=1S/C9H19F2NO/c1-4-12-8(7(2)3)5-13-6-9(10)11/h7-9,12H,4-6H2,1-3H3. The van der Waals surface area contributed by atoms with Crippen LogP contribution >= 0.6 is 0 Å². The molecule has 4 heteroatoms. The molecule has 0 fully saturated rings. The highest BCUT2D eigenvalue weighted by molar-refractivity contribution is 4.68. The van der Waals surface area contributed by atoms with Crippen molar-refractivity contribution < 1.29 is 13.5 Å². The summed E-state index contributed by atoms with van der Waals surface area (Å²) in [6, 6.07) is 0.170. The fourth-order valence-electron chi connectivity index (χ4n) is 1.03. The Morgan fingerprint density at radius 3 is 2.23 bits per heavy atom. The van der Waals surface area contributed by atoms with Crippen molar-refractivity contribution in [3.8, 4) is 0 Å². The first kappa shape index (κ1) is 12.8. The van der Waals surface area contributed by atoms with Gasteiger partial charge in [-0.25, -0.2) is 8.78 Å². The smallest absolute Gasteiger partial charge is 0.261 e. The van der Waals surface area contributed by atoms with E-state index in [4.69, 9.17) is 4.74 Å². The molecule has 80 valence electrons. The maximum absolute atomic E-state index is 11.7. The number of hydrogen-bond acceptors (Lipinski definition) is 2. The van der Waals surface area contributed by atoms with Crippen LogP contribution < -0.4 is 5.32 Å². The van der Waals surface area contributed by atoms with Crippen molar-refractivity contribution in [3.05, 3.63) is 0 Å². The Kier molecular flexibility index (Phi) is 7.09. The number of hydrogen-bond donors (Lipinski definition) is 1. The number of alkyl halides is 2. The topological polar surface area (TPSA) is 21.3 Å². The highest BCUT2D eigenvalue weighted by Crippen LogP contribution is 2.03. The molecule has 0 bridgehead atoms. The third kappa shape index (κ3) is 6.90. The SMILES string of the molecule is CCNC(COCC(F)F)C(C)C. The Morgan fingerprint density at radius 2 is 1.85 bits per heavy atom. The van der Waals surface area contributed by atoms with Gasteiger partial charge in [0.15, 0.2) is 0 Å². The lowest BCUT2D eigenvalue weighted by molar-refractivity contribution is 0.00519. The fourth-order valence-corrected chi connectivity index (χ4v) is 1.03. The fraction of sp³-hybridized carbons (Fsp3) is 1.00. The Balaban J connectivity index is 3.57. The molecule has 0 radical (unpaired) electrons. The number of rotatable bonds is 7. The van der Waals surface area contributed by atoms with Gasteiger partial charge in [0.05, 0.1) is 6.61 Å². The molecule has 1 unspecified atom stereocenters. The molecule has 0 aromatic rings. The van der Waals surface area contributed by atoms with Crippen molar-refractivity contribution in [3.63, 3.8) is 0 Å². The molecule has 2 nitrogen and oxygen atoms in total. The summed E-state index contributed by atoms with van der Waals surface area (Å²) in [7, 11) is 0. The Hall–Kier alpha value is -0.220. The average Bonchev–Trinajstić information content (AvgIpc) is 2.02. The minimum atomic E-state index is -2.37. The van der Waals surface area contributed by atoms with E-state index < -0.39 is 13.0 Å². The molecule has 0 aliphatic heterocycles. The van der Waals surface area contributed by atoms with Gasteiger partial charge in [-0.15, -0.1) is 0 Å². The van der Waals surface area contributed by atoms with E-state index in [0.717, 1.165) is 6.54 Å². The lowest BCUT2D eigenvalue weighted by atomic mass is 10.1. The zero-order chi connectivity index (χ0) is 10.3. The van der Waals surface area contributed by atoms with Crippen molar-refractivity contribution in [2.75, 3.05) is 19.8 Å². The van der Waals surface area contributed by atoms with E-state index in [1.165, 1.54) is 0 Å². The maximum Gasteiger partial charge on any atom is 0.261 e. The lowest BCUT2D eigenvalue weighted by Gasteiger charge is -2.21. The lowest BCUT2D eigenvalue weighted by Crippen LogP contribution is -2.38. The molecule has 0 spiro atoms. The van der Waals surface area contributed by atoms with E-state index in [0.29, 0.717) is 12.5 Å². The van der Waals surface area contributed by atoms with Gasteiger partial charge >= 0.3 is 0 Å². The molecule has 0 saturated heterocycles. The molecule has 0 saturated carbocycles. The van der Waals surface area contributed by atoms with Crippen molar-refractivity contribution in [1.82, 2.24) is 5.32 Å². The molecule has 0 heterocycles. The van der Waals surface area contributed by atoms with E-state index >= 15 is 0 Å². The van der Waals surface area contributed by atoms with E-state index in [-0.39, 0.29) is 6.04 Å². The molecule has 0 amide bonds. The normalized spacial score (nSPS) is 14.1. The number of nitrogens with one attached hydrogen (secondary N) is 1. The summed E-state index contributed by atoms with van der Waals surface area (Å²) in [5.74, 6) is 0.401. The van der Waals surface area contributed by atoms with Gasteiger partial charge in [0.25, 0.3) is 6.43 Å². The van der Waals surface area contributed by atoms with Crippen LogP contribution in [0.25, 0.3) is 0 Å². The van der Waals surface area contributed by atoms with Crippen LogP contribution in [0.1, 0.15) is 20.8 Å². The molecule has 13 heavy (non-hydrogen) atoms. The molecule has 1 atom stereocenters. The summed E-state index contributed by atoms with van der Waals surface area (Å²) >= 11 is 0. The molecular formula is C9H19F2NO. The maximum atomic E-state index is 11.7. The first-order valence-electron chi connectivity index (χ1n) is 4.67. The number of likely N-dealkylation sites (N-methyl/N-ethyl adjacent to an activating group) is 1. The Morgan fingerprint density at radius 1 is 1.23 bits per heavy atom. The predicted molar refractivity (Wildman–Crippen MR) is 49.1 cm³/mol. The van der Waals surface area contributed by atoms with Crippen LogP contribution in [0.3, 0.4) is 0 Å². The van der Waals surface area contributed by atoms with Gasteiger partial charge in [-0.05, 0) is 12.5 Å². The third-order valence-electron chi connectivity index (χ3n) is 1.81. The highest BCUT2D eigenvalue weighted by Gasteiger charge is 2.12. The van der Waals surface area contributed by atoms with Crippen molar-refractivity contribution >= 4 is 0 Å². The van der Waals surface area contributed by atoms with Gasteiger partial charge in [0.1, 0.15) is 6.61 Å². The van der Waals surface area contributed by atoms with Gasteiger partial charge in [-0.2, -0.15) is 0 Å². The number of ether oxygens (including phenoxy) is 1. The van der Waals surface area contributed by atoms with E-state index in [1.807, 2.05) is 20.8 Å². The summed E-state index contributed by atoms with van der Waals surface area (Å²) in [4.78, 5) is 0. The van der Waals surface area contributed by atoms with E-state index in [1.54, 1.807) is 0 Å². The second-order valence-electron chi connectivity index (χ2n) is 3.34. The van der Waals surface area contributed by atoms with Crippen LogP contribution in [0, 0.1) is 5.92 Å². The van der Waals surface area contributed by atoms with Crippen LogP contribution in [0.5, 0.6) is 0 Å². The second kappa shape index (κ2) is 7.21. The van der Waals surface area contributed by atoms with Gasteiger partial charge < -0.3 is 10.1 Å². The summed E-state index contributed by atoms with van der Waals surface area (Å²) in [5, 5.41) is 3.19. The summed E-state index contributed by atoms with van der Waals surface area (Å²) in [6.07, 6.45) is -2.37. The molecule has 1 N–H and O–H groups in total. The Bertz CT molecular complexity index is 120. The largest absolute Gasteiger partial charge is 0.374 e. The van der Waals surface area contributed by atoms with Gasteiger partial charge in [-0.3, -0.25) is 0 Å². The molecule has 0 rings (SSSR count). The number of halogens is 2. The minimum Gasteiger partial charge on any atom is -0.374 e. The van der Waals surface area contributed by atoms with Gasteiger partial charge in [0.2, 0.25) is 0 Å². The zero-order valence-electron chi connectivity index (χ0n) is 8.52. The summed E-state index contributed by atoms with van der Waals surface area (Å²) in [6.45, 7) is 6.80. The van der Waals surface area contributed by atoms with Crippen LogP contribution in [0.4, 0.5) is 8.78 Å². The van der Waals surface area contributed by atoms with Gasteiger partial charge in [-0.1, -0.05) is 20.8 Å². The third-order valence-corrected chi connectivity index (χ3v) is 1.81. The van der Waals surface area contributed by atoms with Crippen LogP contribution in [0.15, 0.2) is 0 Å². The molecular weight excluding hydrogens is 176 g/mol. The van der Waals surface area contributed by atoms with Crippen molar-refractivity contribution in [2.45, 2.75) is 33.2 Å². The summed E-state index contributed by atoms with van der Waals surface area (Å²) < 4.78 is 28.3. The summed E-state index contributed by atoms with van der Waals surface area (Å²) in [5.41, 5.74) is 0. The van der Waals surface area contributed by atoms with Crippen molar-refractivity contribution in [1.29, 1.82) is 0 Å². The van der Waals surface area contributed by atoms with Gasteiger partial charge in [0, 0.05) is 6.04 Å². The molecule has 0 aliphatic carbocycles. The first-order valence-corrected chi connectivity index (χ1v) is 4.67. The molecule has 0 aromatic heterocycles. The monoisotopic (exact) mass is 195 g/mol. The van der Waals surface area contributed by atoms with E-state index in [9.17, 15) is 8.78 Å². The van der Waals surface area contributed by atoms with Crippen LogP contribution in [-0.4, -0.2) is 32.2 Å². The Labute approximate surface area is 78.7 Å². The molecule has 0 aromatic carbocycles. The predicted octanol–water partition coefficient (Wildman–Crippen LogP) is 1.90. The van der Waals surface area contributed by atoms with Crippen LogP contribution in [0.2, 0.25) is 0 Å². The average molecular weight is 195 g/mol. The van der Waals surface area contributed by atoms with E-state index in [2.05, 4.69) is 5.32 Å². The highest BCUT2D eigenvalue weighted by atomic mass is 19.3.